The summed E-state index contributed by atoms with van der Waals surface area (Å²) in [6, 6.07) is 3.23. The molecule has 0 unspecified atom stereocenters. The molecule has 0 aliphatic carbocycles. The Bertz CT molecular complexity index is 343. The van der Waals surface area contributed by atoms with E-state index in [-0.39, 0.29) is 15.7 Å². The van der Waals surface area contributed by atoms with Crippen LogP contribution in [0.2, 0.25) is 0 Å². The lowest BCUT2D eigenvalue weighted by Crippen LogP contribution is -1.92. The largest absolute Gasteiger partial charge is 0.283 e. The molecule has 0 spiro atoms. The Hall–Kier alpha value is -1.04. The van der Waals surface area contributed by atoms with E-state index in [9.17, 15) is 18.9 Å². The molecule has 0 aliphatic heterocycles. The van der Waals surface area contributed by atoms with Gasteiger partial charge in [0.2, 0.25) is 0 Å². The van der Waals surface area contributed by atoms with Gasteiger partial charge < -0.3 is 0 Å². The number of alkyl halides is 2. The van der Waals surface area contributed by atoms with Crippen LogP contribution in [0.4, 0.5) is 14.5 Å². The molecule has 0 saturated carbocycles. The van der Waals surface area contributed by atoms with E-state index in [4.69, 9.17) is 0 Å². The fraction of sp³-hybridized carbons (Fsp3) is 0.143. The Kier molecular flexibility index (Phi) is 2.92. The number of nitro groups is 1. The summed E-state index contributed by atoms with van der Waals surface area (Å²) in [5.41, 5.74) is -0.701. The van der Waals surface area contributed by atoms with E-state index in [2.05, 4.69) is 15.9 Å². The van der Waals surface area contributed by atoms with Gasteiger partial charge in [0, 0.05) is 11.6 Å². The molecule has 0 bridgehead atoms. The number of hydrogen-bond donors (Lipinski definition) is 0. The normalized spacial score (nSPS) is 10.5. The highest BCUT2D eigenvalue weighted by atomic mass is 79.9. The lowest BCUT2D eigenvalue weighted by Gasteiger charge is -1.99. The number of rotatable bonds is 2. The van der Waals surface area contributed by atoms with Crippen LogP contribution in [0.25, 0.3) is 0 Å². The van der Waals surface area contributed by atoms with Crippen LogP contribution in [0.1, 0.15) is 12.0 Å². The van der Waals surface area contributed by atoms with Gasteiger partial charge in [-0.15, -0.1) is 0 Å². The molecule has 0 N–H and O–H groups in total. The molecule has 3 nitrogen and oxygen atoms in total. The molecule has 1 aromatic rings. The van der Waals surface area contributed by atoms with E-state index in [1.807, 2.05) is 0 Å². The Labute approximate surface area is 80.6 Å². The van der Waals surface area contributed by atoms with Crippen molar-refractivity contribution >= 4 is 21.6 Å². The summed E-state index contributed by atoms with van der Waals surface area (Å²) in [4.78, 5) is 9.61. The Balaban J connectivity index is 3.19. The lowest BCUT2D eigenvalue weighted by molar-refractivity contribution is -0.385. The Morgan fingerprint density at radius 1 is 1.46 bits per heavy atom. The SMILES string of the molecule is O=[N+]([O-])c1cc(C(F)F)ccc1Br. The first-order valence-electron chi connectivity index (χ1n) is 3.24. The van der Waals surface area contributed by atoms with Gasteiger partial charge in [-0.3, -0.25) is 10.1 Å². The second kappa shape index (κ2) is 3.78. The third-order valence-corrected chi connectivity index (χ3v) is 2.09. The molecule has 0 aliphatic rings. The Morgan fingerprint density at radius 3 is 2.54 bits per heavy atom. The highest BCUT2D eigenvalue weighted by Crippen LogP contribution is 2.29. The van der Waals surface area contributed by atoms with Crippen molar-refractivity contribution in [2.45, 2.75) is 6.43 Å². The minimum Gasteiger partial charge on any atom is -0.258 e. The van der Waals surface area contributed by atoms with Crippen molar-refractivity contribution in [3.63, 3.8) is 0 Å². The zero-order chi connectivity index (χ0) is 10.0. The van der Waals surface area contributed by atoms with Crippen molar-refractivity contribution in [3.05, 3.63) is 38.3 Å². The summed E-state index contributed by atoms with van der Waals surface area (Å²) in [6.45, 7) is 0. The molecule has 70 valence electrons. The molecule has 1 aromatic carbocycles. The fourth-order valence-electron chi connectivity index (χ4n) is 0.805. The van der Waals surface area contributed by atoms with E-state index >= 15 is 0 Å². The van der Waals surface area contributed by atoms with Crippen molar-refractivity contribution < 1.29 is 13.7 Å². The average Bonchev–Trinajstić information content (AvgIpc) is 2.04. The topological polar surface area (TPSA) is 43.1 Å². The fourth-order valence-corrected chi connectivity index (χ4v) is 1.20. The van der Waals surface area contributed by atoms with Crippen molar-refractivity contribution in [2.24, 2.45) is 0 Å². The molecule has 0 saturated heterocycles. The van der Waals surface area contributed by atoms with Gasteiger partial charge in [-0.25, -0.2) is 8.78 Å². The van der Waals surface area contributed by atoms with E-state index in [1.54, 1.807) is 0 Å². The third kappa shape index (κ3) is 2.21. The van der Waals surface area contributed by atoms with Crippen molar-refractivity contribution in [1.29, 1.82) is 0 Å². The standard InChI is InChI=1S/C7H4BrF2NO2/c8-5-2-1-4(7(9)10)3-6(5)11(12)13/h1-3,7H. The van der Waals surface area contributed by atoms with Gasteiger partial charge in [0.05, 0.1) is 9.40 Å². The summed E-state index contributed by atoms with van der Waals surface area (Å²) < 4.78 is 24.4. The van der Waals surface area contributed by atoms with Gasteiger partial charge >= 0.3 is 0 Å². The molecular formula is C7H4BrF2NO2. The molecule has 0 fully saturated rings. The van der Waals surface area contributed by atoms with Gasteiger partial charge in [-0.1, -0.05) is 6.07 Å². The van der Waals surface area contributed by atoms with Crippen LogP contribution >= 0.6 is 15.9 Å². The van der Waals surface area contributed by atoms with Gasteiger partial charge in [0.25, 0.3) is 12.1 Å². The van der Waals surface area contributed by atoms with E-state index in [1.165, 1.54) is 6.07 Å². The quantitative estimate of drug-likeness (QED) is 0.598. The van der Waals surface area contributed by atoms with E-state index in [0.717, 1.165) is 12.1 Å². The summed E-state index contributed by atoms with van der Waals surface area (Å²) in [6.07, 6.45) is -2.69. The maximum absolute atomic E-state index is 12.1. The van der Waals surface area contributed by atoms with Gasteiger partial charge in [-0.2, -0.15) is 0 Å². The third-order valence-electron chi connectivity index (χ3n) is 1.42. The zero-order valence-corrected chi connectivity index (χ0v) is 7.79. The van der Waals surface area contributed by atoms with Crippen LogP contribution in [0.3, 0.4) is 0 Å². The smallest absolute Gasteiger partial charge is 0.258 e. The molecule has 0 amide bonds. The highest BCUT2D eigenvalue weighted by Gasteiger charge is 2.16. The first kappa shape index (κ1) is 10.0. The van der Waals surface area contributed by atoms with Gasteiger partial charge in [0.1, 0.15) is 0 Å². The predicted molar refractivity (Wildman–Crippen MR) is 45.8 cm³/mol. The van der Waals surface area contributed by atoms with Crippen LogP contribution < -0.4 is 0 Å². The molecule has 1 rings (SSSR count). The number of halogens is 3. The summed E-state index contributed by atoms with van der Waals surface area (Å²) in [7, 11) is 0. The molecule has 6 heteroatoms. The van der Waals surface area contributed by atoms with Crippen LogP contribution in [-0.2, 0) is 0 Å². The second-order valence-electron chi connectivity index (χ2n) is 2.27. The molecule has 0 atom stereocenters. The number of nitro benzene ring substituents is 1. The zero-order valence-electron chi connectivity index (χ0n) is 6.21. The monoisotopic (exact) mass is 251 g/mol. The second-order valence-corrected chi connectivity index (χ2v) is 3.12. The highest BCUT2D eigenvalue weighted by molar-refractivity contribution is 9.10. The first-order chi connectivity index (χ1) is 6.02. The van der Waals surface area contributed by atoms with Crippen molar-refractivity contribution in [2.75, 3.05) is 0 Å². The molecular weight excluding hydrogens is 248 g/mol. The predicted octanol–water partition coefficient (Wildman–Crippen LogP) is 3.29. The number of nitrogens with zero attached hydrogens (tertiary/aromatic N) is 1. The van der Waals surface area contributed by atoms with E-state index in [0.29, 0.717) is 0 Å². The summed E-state index contributed by atoms with van der Waals surface area (Å²) in [5, 5.41) is 10.3. The number of hydrogen-bond acceptors (Lipinski definition) is 2. The van der Waals surface area contributed by atoms with Gasteiger partial charge in [0.15, 0.2) is 0 Å². The minimum absolute atomic E-state index is 0.196. The van der Waals surface area contributed by atoms with E-state index < -0.39 is 11.3 Å². The van der Waals surface area contributed by atoms with Crippen LogP contribution in [0.5, 0.6) is 0 Å². The summed E-state index contributed by atoms with van der Waals surface area (Å²) in [5.74, 6) is 0. The first-order valence-corrected chi connectivity index (χ1v) is 4.03. The molecule has 13 heavy (non-hydrogen) atoms. The number of benzene rings is 1. The maximum atomic E-state index is 12.1. The Morgan fingerprint density at radius 2 is 2.08 bits per heavy atom. The van der Waals surface area contributed by atoms with Crippen LogP contribution in [0, 0.1) is 10.1 Å². The maximum Gasteiger partial charge on any atom is 0.283 e. The summed E-state index contributed by atoms with van der Waals surface area (Å²) >= 11 is 2.89. The molecule has 0 heterocycles. The molecule has 0 aromatic heterocycles. The van der Waals surface area contributed by atoms with Crippen LogP contribution in [0.15, 0.2) is 22.7 Å². The van der Waals surface area contributed by atoms with Crippen LogP contribution in [-0.4, -0.2) is 4.92 Å². The average molecular weight is 252 g/mol. The van der Waals surface area contributed by atoms with Gasteiger partial charge in [-0.05, 0) is 22.0 Å². The molecule has 0 radical (unpaired) electrons. The minimum atomic E-state index is -2.69. The van der Waals surface area contributed by atoms with Crippen molar-refractivity contribution in [1.82, 2.24) is 0 Å². The lowest BCUT2D eigenvalue weighted by atomic mass is 10.2. The van der Waals surface area contributed by atoms with Crippen molar-refractivity contribution in [3.8, 4) is 0 Å².